The molecule has 2 unspecified atom stereocenters. The Hall–Kier alpha value is -0.410. The van der Waals surface area contributed by atoms with Crippen LogP contribution in [0.4, 0.5) is 0 Å². The van der Waals surface area contributed by atoms with Crippen LogP contribution in [0, 0.1) is 6.92 Å². The summed E-state index contributed by atoms with van der Waals surface area (Å²) in [4.78, 5) is 2.09. The third-order valence-electron chi connectivity index (χ3n) is 3.27. The Morgan fingerprint density at radius 1 is 1.35 bits per heavy atom. The van der Waals surface area contributed by atoms with E-state index in [9.17, 15) is 0 Å². The van der Waals surface area contributed by atoms with Crippen molar-refractivity contribution < 1.29 is 22.4 Å². The smallest absolute Gasteiger partial charge is 0.0719 e. The van der Waals surface area contributed by atoms with E-state index >= 15 is 0 Å². The van der Waals surface area contributed by atoms with Crippen molar-refractivity contribution in [2.75, 3.05) is 14.1 Å². The molecule has 115 valence electrons. The molecular formula is C12H18AuN6S-2. The standard InChI is InChI=1S/C7H6N3.C5H13N3S.Au/c1-5-2-3-6-7(4-5)9-10-8-6;1-4-7(2)5(9)6-8(4)3;/h2-4H,1H3;4-6,9H,1-3H3;/q-1;;/p-1. The Kier molecular flexibility index (Phi) is 6.67. The first-order valence-corrected chi connectivity index (χ1v) is 6.55. The monoisotopic (exact) mass is 475 g/mol. The minimum Gasteiger partial charge on any atom is -0.757 e. The zero-order valence-electron chi connectivity index (χ0n) is 11.8. The Balaban J connectivity index is 0.000000192. The molecular weight excluding hydrogens is 457 g/mol. The van der Waals surface area contributed by atoms with Crippen LogP contribution in [0.25, 0.3) is 11.0 Å². The Morgan fingerprint density at radius 2 is 2.05 bits per heavy atom. The molecule has 2 heterocycles. The maximum Gasteiger partial charge on any atom is 0.0719 e. The number of hydrazine groups is 1. The van der Waals surface area contributed by atoms with Gasteiger partial charge in [0.15, 0.2) is 0 Å². The van der Waals surface area contributed by atoms with Gasteiger partial charge in [0.1, 0.15) is 0 Å². The van der Waals surface area contributed by atoms with E-state index in [2.05, 4.69) is 32.7 Å². The van der Waals surface area contributed by atoms with Gasteiger partial charge in [-0.15, -0.1) is 0 Å². The molecule has 6 nitrogen and oxygen atoms in total. The predicted octanol–water partition coefficient (Wildman–Crippen LogP) is 0.438. The molecule has 1 fully saturated rings. The SMILES string of the molecule is CC1N(C)NC([S-])N1C.Cc1ccc2[n-]nnc2c1.[Au]. The fourth-order valence-electron chi connectivity index (χ4n) is 1.76. The van der Waals surface area contributed by atoms with E-state index in [-0.39, 0.29) is 27.9 Å². The second-order valence-corrected chi connectivity index (χ2v) is 5.12. The number of fused-ring (bicyclic) bond motifs is 1. The molecule has 2 aromatic rings. The third kappa shape index (κ3) is 4.05. The summed E-state index contributed by atoms with van der Waals surface area (Å²) in [6.45, 7) is 4.13. The van der Waals surface area contributed by atoms with Crippen LogP contribution >= 0.6 is 0 Å². The molecule has 2 atom stereocenters. The summed E-state index contributed by atoms with van der Waals surface area (Å²) in [7, 11) is 4.01. The van der Waals surface area contributed by atoms with Gasteiger partial charge in [-0.25, -0.2) is 5.01 Å². The zero-order chi connectivity index (χ0) is 14.0. The van der Waals surface area contributed by atoms with Crippen LogP contribution in [0.3, 0.4) is 0 Å². The summed E-state index contributed by atoms with van der Waals surface area (Å²) in [5.74, 6) is 0. The van der Waals surface area contributed by atoms with Gasteiger partial charge in [-0.2, -0.15) is 0 Å². The summed E-state index contributed by atoms with van der Waals surface area (Å²) in [5, 5.41) is 13.2. The van der Waals surface area contributed by atoms with Gasteiger partial charge in [0.2, 0.25) is 0 Å². The van der Waals surface area contributed by atoms with Crippen LogP contribution in [0.1, 0.15) is 12.5 Å². The fraction of sp³-hybridized carbons (Fsp3) is 0.500. The molecule has 8 heteroatoms. The van der Waals surface area contributed by atoms with Gasteiger partial charge in [0, 0.05) is 29.4 Å². The van der Waals surface area contributed by atoms with Crippen molar-refractivity contribution in [3.05, 3.63) is 23.8 Å². The van der Waals surface area contributed by atoms with E-state index in [4.69, 9.17) is 12.6 Å². The summed E-state index contributed by atoms with van der Waals surface area (Å²) in [6, 6.07) is 5.89. The molecule has 1 aromatic heterocycles. The normalized spacial score (nSPS) is 23.2. The largest absolute Gasteiger partial charge is 0.757 e. The molecule has 1 aromatic carbocycles. The summed E-state index contributed by atoms with van der Waals surface area (Å²) in [5.41, 5.74) is 6.08. The minimum atomic E-state index is 0. The van der Waals surface area contributed by atoms with Crippen LogP contribution in [0.2, 0.25) is 0 Å². The maximum atomic E-state index is 5.05. The number of hydrogen-bond acceptors (Lipinski definition) is 6. The van der Waals surface area contributed by atoms with Crippen molar-refractivity contribution in [3.8, 4) is 0 Å². The number of aryl methyl sites for hydroxylation is 1. The van der Waals surface area contributed by atoms with Crippen molar-refractivity contribution in [1.29, 1.82) is 0 Å². The Bertz CT molecular complexity index is 535. The Morgan fingerprint density at radius 3 is 2.55 bits per heavy atom. The van der Waals surface area contributed by atoms with Gasteiger partial charge in [-0.1, -0.05) is 23.8 Å². The molecule has 0 bridgehead atoms. The van der Waals surface area contributed by atoms with Gasteiger partial charge in [-0.3, -0.25) is 15.5 Å². The van der Waals surface area contributed by atoms with Gasteiger partial charge in [0.25, 0.3) is 0 Å². The molecule has 3 rings (SSSR count). The maximum absolute atomic E-state index is 5.05. The second-order valence-electron chi connectivity index (χ2n) is 4.67. The van der Waals surface area contributed by atoms with E-state index in [1.165, 1.54) is 5.56 Å². The molecule has 0 aliphatic carbocycles. The Labute approximate surface area is 140 Å². The van der Waals surface area contributed by atoms with Crippen LogP contribution in [-0.4, -0.2) is 46.0 Å². The van der Waals surface area contributed by atoms with E-state index in [1.54, 1.807) is 0 Å². The van der Waals surface area contributed by atoms with Crippen LogP contribution < -0.4 is 10.5 Å². The van der Waals surface area contributed by atoms with E-state index in [0.29, 0.717) is 6.17 Å². The number of aromatic nitrogens is 3. The molecule has 0 saturated carbocycles. The van der Waals surface area contributed by atoms with Gasteiger partial charge < -0.3 is 22.8 Å². The molecule has 0 amide bonds. The minimum absolute atomic E-state index is 0. The molecule has 1 saturated heterocycles. The first-order valence-electron chi connectivity index (χ1n) is 6.08. The van der Waals surface area contributed by atoms with Crippen LogP contribution in [0.15, 0.2) is 18.2 Å². The van der Waals surface area contributed by atoms with E-state index in [0.717, 1.165) is 11.0 Å². The molecule has 1 aliphatic rings. The molecule has 1 radical (unpaired) electrons. The first kappa shape index (κ1) is 17.6. The van der Waals surface area contributed by atoms with Gasteiger partial charge in [-0.05, 0) is 37.4 Å². The second kappa shape index (κ2) is 7.56. The van der Waals surface area contributed by atoms with Crippen molar-refractivity contribution in [3.63, 3.8) is 0 Å². The van der Waals surface area contributed by atoms with Crippen molar-refractivity contribution in [1.82, 2.24) is 30.7 Å². The zero-order valence-corrected chi connectivity index (χ0v) is 14.8. The quantitative estimate of drug-likeness (QED) is 0.439. The average molecular weight is 475 g/mol. The summed E-state index contributed by atoms with van der Waals surface area (Å²) < 4.78 is 0. The molecule has 0 spiro atoms. The van der Waals surface area contributed by atoms with Crippen molar-refractivity contribution >= 4 is 23.7 Å². The number of nitrogens with zero attached hydrogens (tertiary/aromatic N) is 5. The van der Waals surface area contributed by atoms with Crippen molar-refractivity contribution in [2.24, 2.45) is 0 Å². The van der Waals surface area contributed by atoms with Crippen LogP contribution in [0.5, 0.6) is 0 Å². The van der Waals surface area contributed by atoms with Crippen molar-refractivity contribution in [2.45, 2.75) is 25.5 Å². The number of benzene rings is 1. The topological polar surface area (TPSA) is 58.4 Å². The summed E-state index contributed by atoms with van der Waals surface area (Å²) in [6.07, 6.45) is 0.410. The fourth-order valence-corrected chi connectivity index (χ4v) is 2.10. The predicted molar refractivity (Wildman–Crippen MR) is 76.9 cm³/mol. The van der Waals surface area contributed by atoms with E-state index in [1.807, 2.05) is 44.2 Å². The average Bonchev–Trinajstić information content (AvgIpc) is 2.91. The third-order valence-corrected chi connectivity index (χ3v) is 3.71. The van der Waals surface area contributed by atoms with E-state index < -0.39 is 0 Å². The van der Waals surface area contributed by atoms with Gasteiger partial charge >= 0.3 is 0 Å². The molecule has 1 aliphatic heterocycles. The molecule has 1 N–H and O–H groups in total. The number of nitrogens with one attached hydrogen (secondary N) is 1. The number of rotatable bonds is 0. The van der Waals surface area contributed by atoms with Gasteiger partial charge in [0.05, 0.1) is 6.17 Å². The van der Waals surface area contributed by atoms with Crippen LogP contribution in [-0.2, 0) is 35.0 Å². The summed E-state index contributed by atoms with van der Waals surface area (Å²) >= 11 is 5.05. The number of hydrogen-bond donors (Lipinski definition) is 1. The first-order chi connectivity index (χ1) is 8.99. The molecule has 20 heavy (non-hydrogen) atoms.